The summed E-state index contributed by atoms with van der Waals surface area (Å²) < 4.78 is 11.4. The van der Waals surface area contributed by atoms with E-state index >= 15 is 0 Å². The molecule has 0 aliphatic heterocycles. The normalized spacial score (nSPS) is 13.7. The van der Waals surface area contributed by atoms with Gasteiger partial charge in [0.25, 0.3) is 0 Å². The van der Waals surface area contributed by atoms with Crippen molar-refractivity contribution in [2.75, 3.05) is 14.2 Å². The molecule has 0 heterocycles. The molecule has 1 unspecified atom stereocenters. The number of aliphatic hydroxyl groups is 1. The molecule has 2 rings (SSSR count). The second kappa shape index (κ2) is 6.86. The van der Waals surface area contributed by atoms with E-state index in [1.165, 1.54) is 0 Å². The lowest BCUT2D eigenvalue weighted by atomic mass is 9.74. The summed E-state index contributed by atoms with van der Waals surface area (Å²) >= 11 is 0. The molecule has 0 spiro atoms. The van der Waals surface area contributed by atoms with Crippen LogP contribution in [0.3, 0.4) is 0 Å². The second-order valence-electron chi connectivity index (χ2n) is 6.60. The SMILES string of the molecule is COc1c(C)c(C)c(OC)c(C(O)(c2ccccc2)C(C)C)c1C. The second-order valence-corrected chi connectivity index (χ2v) is 6.60. The molecule has 0 bridgehead atoms. The monoisotopic (exact) mass is 328 g/mol. The van der Waals surface area contributed by atoms with E-state index in [9.17, 15) is 5.11 Å². The summed E-state index contributed by atoms with van der Waals surface area (Å²) in [6, 6.07) is 9.77. The van der Waals surface area contributed by atoms with E-state index in [4.69, 9.17) is 9.47 Å². The summed E-state index contributed by atoms with van der Waals surface area (Å²) in [5, 5.41) is 11.8. The first-order valence-corrected chi connectivity index (χ1v) is 8.30. The van der Waals surface area contributed by atoms with Gasteiger partial charge in [0.2, 0.25) is 0 Å². The van der Waals surface area contributed by atoms with Crippen LogP contribution in [0.5, 0.6) is 11.5 Å². The van der Waals surface area contributed by atoms with Crippen LogP contribution in [0.15, 0.2) is 30.3 Å². The summed E-state index contributed by atoms with van der Waals surface area (Å²) in [6.45, 7) is 10.1. The van der Waals surface area contributed by atoms with E-state index in [0.717, 1.165) is 39.3 Å². The van der Waals surface area contributed by atoms with Crippen molar-refractivity contribution in [1.82, 2.24) is 0 Å². The van der Waals surface area contributed by atoms with Gasteiger partial charge in [0.15, 0.2) is 0 Å². The molecular weight excluding hydrogens is 300 g/mol. The van der Waals surface area contributed by atoms with Crippen molar-refractivity contribution in [3.8, 4) is 11.5 Å². The zero-order valence-corrected chi connectivity index (χ0v) is 15.7. The third-order valence-corrected chi connectivity index (χ3v) is 5.03. The van der Waals surface area contributed by atoms with Gasteiger partial charge in [0, 0.05) is 11.1 Å². The molecule has 2 aromatic rings. The maximum atomic E-state index is 11.8. The van der Waals surface area contributed by atoms with Crippen molar-refractivity contribution >= 4 is 0 Å². The summed E-state index contributed by atoms with van der Waals surface area (Å²) in [6.07, 6.45) is 0. The lowest BCUT2D eigenvalue weighted by molar-refractivity contribution is 0.0285. The number of ether oxygens (including phenoxy) is 2. The number of hydrogen-bond acceptors (Lipinski definition) is 3. The van der Waals surface area contributed by atoms with Gasteiger partial charge in [-0.1, -0.05) is 44.2 Å². The highest BCUT2D eigenvalue weighted by molar-refractivity contribution is 5.62. The van der Waals surface area contributed by atoms with E-state index in [1.54, 1.807) is 14.2 Å². The zero-order valence-electron chi connectivity index (χ0n) is 15.7. The average Bonchev–Trinajstić information content (AvgIpc) is 2.58. The van der Waals surface area contributed by atoms with Crippen LogP contribution in [0, 0.1) is 26.7 Å². The Morgan fingerprint density at radius 2 is 1.33 bits per heavy atom. The largest absolute Gasteiger partial charge is 0.496 e. The molecule has 0 saturated carbocycles. The molecule has 24 heavy (non-hydrogen) atoms. The Labute approximate surface area is 145 Å². The van der Waals surface area contributed by atoms with Crippen molar-refractivity contribution in [2.24, 2.45) is 5.92 Å². The molecule has 3 heteroatoms. The third kappa shape index (κ3) is 2.67. The molecule has 0 amide bonds. The Balaban J connectivity index is 2.93. The molecular formula is C21H28O3. The average molecular weight is 328 g/mol. The van der Waals surface area contributed by atoms with Gasteiger partial charge >= 0.3 is 0 Å². The maximum Gasteiger partial charge on any atom is 0.129 e. The molecule has 2 aromatic carbocycles. The smallest absolute Gasteiger partial charge is 0.129 e. The minimum absolute atomic E-state index is 0.0423. The predicted molar refractivity (Wildman–Crippen MR) is 98.0 cm³/mol. The van der Waals surface area contributed by atoms with Crippen molar-refractivity contribution in [2.45, 2.75) is 40.2 Å². The van der Waals surface area contributed by atoms with Gasteiger partial charge < -0.3 is 14.6 Å². The summed E-state index contributed by atoms with van der Waals surface area (Å²) in [5.74, 6) is 1.49. The van der Waals surface area contributed by atoms with Gasteiger partial charge in [-0.2, -0.15) is 0 Å². The van der Waals surface area contributed by atoms with Crippen LogP contribution < -0.4 is 9.47 Å². The predicted octanol–water partition coefficient (Wildman–Crippen LogP) is 4.52. The van der Waals surface area contributed by atoms with E-state index in [0.29, 0.717) is 0 Å². The van der Waals surface area contributed by atoms with Crippen LogP contribution >= 0.6 is 0 Å². The fourth-order valence-electron chi connectivity index (χ4n) is 3.57. The number of methoxy groups -OCH3 is 2. The lowest BCUT2D eigenvalue weighted by Crippen LogP contribution is -2.35. The standard InChI is InChI=1S/C21H28O3/c1-13(2)21(22,17-11-9-8-10-12-17)18-16(5)19(23-6)14(3)15(4)20(18)24-7/h8-13,22H,1-7H3. The Morgan fingerprint density at radius 3 is 1.79 bits per heavy atom. The first-order chi connectivity index (χ1) is 11.3. The number of benzene rings is 2. The molecule has 0 radical (unpaired) electrons. The summed E-state index contributed by atoms with van der Waals surface area (Å²) in [5.41, 5.74) is 3.41. The molecule has 0 aliphatic carbocycles. The topological polar surface area (TPSA) is 38.7 Å². The minimum atomic E-state index is -1.16. The molecule has 0 aromatic heterocycles. The Kier molecular flexibility index (Phi) is 5.24. The fourth-order valence-corrected chi connectivity index (χ4v) is 3.57. The van der Waals surface area contributed by atoms with Crippen LogP contribution in [-0.4, -0.2) is 19.3 Å². The van der Waals surface area contributed by atoms with Crippen LogP contribution in [0.1, 0.15) is 41.7 Å². The Morgan fingerprint density at radius 1 is 0.833 bits per heavy atom. The molecule has 1 N–H and O–H groups in total. The van der Waals surface area contributed by atoms with Crippen LogP contribution in [-0.2, 0) is 5.60 Å². The Bertz CT molecular complexity index is 720. The van der Waals surface area contributed by atoms with Crippen molar-refractivity contribution in [3.05, 3.63) is 58.1 Å². The third-order valence-electron chi connectivity index (χ3n) is 5.03. The maximum absolute atomic E-state index is 11.8. The molecule has 0 fully saturated rings. The summed E-state index contributed by atoms with van der Waals surface area (Å²) in [7, 11) is 3.32. The number of hydrogen-bond donors (Lipinski definition) is 1. The van der Waals surface area contributed by atoms with E-state index in [-0.39, 0.29) is 5.92 Å². The highest BCUT2D eigenvalue weighted by Gasteiger charge is 2.40. The van der Waals surface area contributed by atoms with Gasteiger partial charge in [-0.15, -0.1) is 0 Å². The molecule has 130 valence electrons. The minimum Gasteiger partial charge on any atom is -0.496 e. The molecule has 3 nitrogen and oxygen atoms in total. The van der Waals surface area contributed by atoms with Crippen LogP contribution in [0.25, 0.3) is 0 Å². The highest BCUT2D eigenvalue weighted by atomic mass is 16.5. The highest BCUT2D eigenvalue weighted by Crippen LogP contribution is 2.48. The van der Waals surface area contributed by atoms with Gasteiger partial charge in [-0.3, -0.25) is 0 Å². The van der Waals surface area contributed by atoms with Gasteiger partial charge in [0.05, 0.1) is 14.2 Å². The Hall–Kier alpha value is -2.00. The van der Waals surface area contributed by atoms with Gasteiger partial charge in [-0.25, -0.2) is 0 Å². The molecule has 0 saturated heterocycles. The van der Waals surface area contributed by atoms with E-state index < -0.39 is 5.60 Å². The van der Waals surface area contributed by atoms with Crippen LogP contribution in [0.2, 0.25) is 0 Å². The van der Waals surface area contributed by atoms with Crippen molar-refractivity contribution in [3.63, 3.8) is 0 Å². The summed E-state index contributed by atoms with van der Waals surface area (Å²) in [4.78, 5) is 0. The van der Waals surface area contributed by atoms with Crippen molar-refractivity contribution < 1.29 is 14.6 Å². The van der Waals surface area contributed by atoms with Gasteiger partial charge in [0.1, 0.15) is 17.1 Å². The molecule has 1 atom stereocenters. The first-order valence-electron chi connectivity index (χ1n) is 8.30. The lowest BCUT2D eigenvalue weighted by Gasteiger charge is -2.37. The van der Waals surface area contributed by atoms with Gasteiger partial charge in [-0.05, 0) is 43.4 Å². The fraction of sp³-hybridized carbons (Fsp3) is 0.429. The van der Waals surface area contributed by atoms with E-state index in [2.05, 4.69) is 0 Å². The van der Waals surface area contributed by atoms with E-state index in [1.807, 2.05) is 65.0 Å². The molecule has 0 aliphatic rings. The first kappa shape index (κ1) is 18.3. The number of rotatable bonds is 5. The zero-order chi connectivity index (χ0) is 18.1. The quantitative estimate of drug-likeness (QED) is 0.877. The van der Waals surface area contributed by atoms with Crippen molar-refractivity contribution in [1.29, 1.82) is 0 Å². The van der Waals surface area contributed by atoms with Crippen LogP contribution in [0.4, 0.5) is 0 Å².